The summed E-state index contributed by atoms with van der Waals surface area (Å²) in [7, 11) is 0. The number of ketones is 1. The van der Waals surface area contributed by atoms with E-state index < -0.39 is 17.7 Å². The minimum Gasteiger partial charge on any atom is -0.507 e. The molecule has 0 saturated carbocycles. The van der Waals surface area contributed by atoms with Crippen molar-refractivity contribution >= 4 is 17.4 Å². The largest absolute Gasteiger partial charge is 0.507 e. The van der Waals surface area contributed by atoms with Gasteiger partial charge in [0.2, 0.25) is 0 Å². The quantitative estimate of drug-likeness (QED) is 0.174. The predicted octanol–water partition coefficient (Wildman–Crippen LogP) is 5.19. The van der Waals surface area contributed by atoms with Crippen LogP contribution in [0.1, 0.15) is 51.3 Å². The number of rotatable bonds is 13. The van der Waals surface area contributed by atoms with Gasteiger partial charge in [-0.2, -0.15) is 0 Å². The van der Waals surface area contributed by atoms with Crippen molar-refractivity contribution in [3.05, 3.63) is 77.9 Å². The zero-order chi connectivity index (χ0) is 26.9. The monoisotopic (exact) mass is 506 g/mol. The maximum atomic E-state index is 13.3. The second-order valence-corrected chi connectivity index (χ2v) is 9.23. The molecule has 0 bridgehead atoms. The van der Waals surface area contributed by atoms with Crippen LogP contribution in [0.25, 0.3) is 5.76 Å². The van der Waals surface area contributed by atoms with E-state index in [4.69, 9.17) is 9.47 Å². The zero-order valence-corrected chi connectivity index (χ0v) is 22.3. The Morgan fingerprint density at radius 3 is 2.24 bits per heavy atom. The Bertz CT molecular complexity index is 1100. The molecular weight excluding hydrogens is 468 g/mol. The van der Waals surface area contributed by atoms with Gasteiger partial charge in [0.1, 0.15) is 23.9 Å². The number of ether oxygens (including phenoxy) is 2. The van der Waals surface area contributed by atoms with Crippen molar-refractivity contribution in [2.75, 3.05) is 32.8 Å². The van der Waals surface area contributed by atoms with E-state index in [-0.39, 0.29) is 17.4 Å². The van der Waals surface area contributed by atoms with E-state index in [0.717, 1.165) is 31.6 Å². The van der Waals surface area contributed by atoms with Crippen LogP contribution in [0.5, 0.6) is 11.5 Å². The molecule has 1 fully saturated rings. The van der Waals surface area contributed by atoms with E-state index in [9.17, 15) is 14.7 Å². The Kier molecular flexibility index (Phi) is 9.92. The summed E-state index contributed by atoms with van der Waals surface area (Å²) in [5.74, 6) is -0.162. The lowest BCUT2D eigenvalue weighted by Crippen LogP contribution is -2.33. The molecule has 0 aromatic heterocycles. The SMILES string of the molecule is C=CCOc1ccc(/C(O)=C2\C(=O)C(=O)N(CCCN(CC)CC)[C@H]2c2ccc(OC(C)C)cc2)cc1. The smallest absolute Gasteiger partial charge is 0.295 e. The summed E-state index contributed by atoms with van der Waals surface area (Å²) in [4.78, 5) is 30.3. The molecule has 0 unspecified atom stereocenters. The third-order valence-corrected chi connectivity index (χ3v) is 6.37. The van der Waals surface area contributed by atoms with Gasteiger partial charge in [-0.1, -0.05) is 38.6 Å². The van der Waals surface area contributed by atoms with Crippen molar-refractivity contribution < 1.29 is 24.2 Å². The van der Waals surface area contributed by atoms with Gasteiger partial charge < -0.3 is 24.4 Å². The first-order chi connectivity index (χ1) is 17.8. The molecule has 7 nitrogen and oxygen atoms in total. The first kappa shape index (κ1) is 28.0. The van der Waals surface area contributed by atoms with Crippen molar-refractivity contribution in [3.8, 4) is 11.5 Å². The van der Waals surface area contributed by atoms with Gasteiger partial charge in [0, 0.05) is 12.1 Å². The van der Waals surface area contributed by atoms with Gasteiger partial charge >= 0.3 is 0 Å². The average Bonchev–Trinajstić information content (AvgIpc) is 3.15. The van der Waals surface area contributed by atoms with Gasteiger partial charge in [0.25, 0.3) is 11.7 Å². The Labute approximate surface area is 220 Å². The van der Waals surface area contributed by atoms with Crippen LogP contribution >= 0.6 is 0 Å². The lowest BCUT2D eigenvalue weighted by atomic mass is 9.95. The third-order valence-electron chi connectivity index (χ3n) is 6.37. The molecule has 2 aromatic carbocycles. The number of carbonyl (C=O) groups excluding carboxylic acids is 2. The van der Waals surface area contributed by atoms with E-state index >= 15 is 0 Å². The Hall–Kier alpha value is -3.58. The van der Waals surface area contributed by atoms with Crippen molar-refractivity contribution in [2.24, 2.45) is 0 Å². The molecule has 37 heavy (non-hydrogen) atoms. The summed E-state index contributed by atoms with van der Waals surface area (Å²) in [6, 6.07) is 13.5. The maximum Gasteiger partial charge on any atom is 0.295 e. The predicted molar refractivity (Wildman–Crippen MR) is 146 cm³/mol. The molecule has 1 aliphatic rings. The number of aliphatic hydroxyl groups is 1. The lowest BCUT2D eigenvalue weighted by Gasteiger charge is -2.27. The number of aliphatic hydroxyl groups excluding tert-OH is 1. The van der Waals surface area contributed by atoms with Gasteiger partial charge in [-0.3, -0.25) is 9.59 Å². The average molecular weight is 507 g/mol. The molecule has 0 radical (unpaired) electrons. The van der Waals surface area contributed by atoms with Gasteiger partial charge in [0.15, 0.2) is 0 Å². The topological polar surface area (TPSA) is 79.3 Å². The molecule has 1 saturated heterocycles. The number of amides is 1. The number of likely N-dealkylation sites (tertiary alicyclic amines) is 1. The minimum atomic E-state index is -0.693. The summed E-state index contributed by atoms with van der Waals surface area (Å²) in [6.07, 6.45) is 2.39. The number of hydrogen-bond acceptors (Lipinski definition) is 6. The van der Waals surface area contributed by atoms with E-state index in [1.54, 1.807) is 35.2 Å². The van der Waals surface area contributed by atoms with Crippen LogP contribution in [0, 0.1) is 0 Å². The number of hydrogen-bond donors (Lipinski definition) is 1. The third kappa shape index (κ3) is 6.80. The fraction of sp³-hybridized carbons (Fsp3) is 0.400. The molecule has 1 N–H and O–H groups in total. The number of benzene rings is 2. The van der Waals surface area contributed by atoms with E-state index in [1.807, 2.05) is 38.1 Å². The fourth-order valence-electron chi connectivity index (χ4n) is 4.48. The van der Waals surface area contributed by atoms with Gasteiger partial charge in [0.05, 0.1) is 17.7 Å². The summed E-state index contributed by atoms with van der Waals surface area (Å²) in [5.41, 5.74) is 1.27. The molecule has 1 aliphatic heterocycles. The van der Waals surface area contributed by atoms with Crippen LogP contribution in [0.15, 0.2) is 66.8 Å². The van der Waals surface area contributed by atoms with Gasteiger partial charge in [-0.15, -0.1) is 0 Å². The molecule has 1 amide bonds. The highest BCUT2D eigenvalue weighted by molar-refractivity contribution is 6.46. The number of nitrogens with zero attached hydrogens (tertiary/aromatic N) is 2. The molecule has 3 rings (SSSR count). The van der Waals surface area contributed by atoms with E-state index in [2.05, 4.69) is 25.3 Å². The second kappa shape index (κ2) is 13.1. The van der Waals surface area contributed by atoms with Crippen LogP contribution in [0.4, 0.5) is 0 Å². The number of Topliss-reactive ketones (excluding diaryl/α,β-unsaturated/α-hetero) is 1. The molecule has 0 aliphatic carbocycles. The van der Waals surface area contributed by atoms with Crippen molar-refractivity contribution in [1.29, 1.82) is 0 Å². The van der Waals surface area contributed by atoms with Crippen molar-refractivity contribution in [1.82, 2.24) is 9.80 Å². The lowest BCUT2D eigenvalue weighted by molar-refractivity contribution is -0.140. The molecular formula is C30H38N2O5. The van der Waals surface area contributed by atoms with Crippen molar-refractivity contribution in [2.45, 2.75) is 46.3 Å². The molecule has 1 heterocycles. The van der Waals surface area contributed by atoms with Crippen LogP contribution in [-0.2, 0) is 9.59 Å². The van der Waals surface area contributed by atoms with Crippen LogP contribution < -0.4 is 9.47 Å². The van der Waals surface area contributed by atoms with Gasteiger partial charge in [-0.25, -0.2) is 0 Å². The zero-order valence-electron chi connectivity index (χ0n) is 22.3. The summed E-state index contributed by atoms with van der Waals surface area (Å²) in [6.45, 7) is 15.2. The molecule has 7 heteroatoms. The fourth-order valence-corrected chi connectivity index (χ4v) is 4.48. The first-order valence-corrected chi connectivity index (χ1v) is 12.9. The van der Waals surface area contributed by atoms with Crippen LogP contribution in [0.2, 0.25) is 0 Å². The van der Waals surface area contributed by atoms with E-state index in [0.29, 0.717) is 30.2 Å². The molecule has 2 aromatic rings. The highest BCUT2D eigenvalue weighted by Crippen LogP contribution is 2.40. The van der Waals surface area contributed by atoms with Crippen LogP contribution in [-0.4, -0.2) is 65.5 Å². The second-order valence-electron chi connectivity index (χ2n) is 9.23. The Morgan fingerprint density at radius 2 is 1.68 bits per heavy atom. The first-order valence-electron chi connectivity index (χ1n) is 12.9. The number of carbonyl (C=O) groups is 2. The molecule has 1 atom stereocenters. The van der Waals surface area contributed by atoms with E-state index in [1.165, 1.54) is 0 Å². The summed E-state index contributed by atoms with van der Waals surface area (Å²) >= 11 is 0. The highest BCUT2D eigenvalue weighted by Gasteiger charge is 2.45. The summed E-state index contributed by atoms with van der Waals surface area (Å²) < 4.78 is 11.3. The standard InChI is InChI=1S/C30H38N2O5/c1-6-20-36-24-14-12-23(13-15-24)28(33)26-27(22-10-16-25(17-11-22)37-21(4)5)32(30(35)29(26)34)19-9-18-31(7-2)8-3/h6,10-17,21,27,33H,1,7-9,18-20H2,2-5H3/b28-26+/t27-/m0/s1. The van der Waals surface area contributed by atoms with Gasteiger partial charge in [-0.05, 0) is 81.9 Å². The summed E-state index contributed by atoms with van der Waals surface area (Å²) in [5, 5.41) is 11.3. The Morgan fingerprint density at radius 1 is 1.05 bits per heavy atom. The van der Waals surface area contributed by atoms with Crippen LogP contribution in [0.3, 0.4) is 0 Å². The highest BCUT2D eigenvalue weighted by atomic mass is 16.5. The molecule has 0 spiro atoms. The minimum absolute atomic E-state index is 0.0231. The van der Waals surface area contributed by atoms with Crippen molar-refractivity contribution in [3.63, 3.8) is 0 Å². The maximum absolute atomic E-state index is 13.3. The Balaban J connectivity index is 1.99. The molecule has 198 valence electrons. The normalized spacial score (nSPS) is 17.0.